The maximum atomic E-state index is 12.3. The van der Waals surface area contributed by atoms with Crippen LogP contribution in [0.25, 0.3) is 0 Å². The average Bonchev–Trinajstić information content (AvgIpc) is 2.76. The number of carbonyl (C=O) groups is 1. The molecule has 18 heavy (non-hydrogen) atoms. The molecule has 3 N–H and O–H groups in total. The van der Waals surface area contributed by atoms with Crippen LogP contribution < -0.4 is 5.73 Å². The summed E-state index contributed by atoms with van der Waals surface area (Å²) in [5, 5.41) is 9.02. The van der Waals surface area contributed by atoms with Gasteiger partial charge in [0.2, 0.25) is 10.0 Å². The Kier molecular flexibility index (Phi) is 3.38. The summed E-state index contributed by atoms with van der Waals surface area (Å²) in [5.74, 6) is -1.25. The van der Waals surface area contributed by atoms with Crippen molar-refractivity contribution in [3.63, 3.8) is 0 Å². The molecule has 6 nitrogen and oxygen atoms in total. The van der Waals surface area contributed by atoms with Gasteiger partial charge in [-0.05, 0) is 18.6 Å². The number of hydrogen-bond donors (Lipinski definition) is 2. The summed E-state index contributed by atoms with van der Waals surface area (Å²) < 4.78 is 25.9. The molecule has 1 atom stereocenters. The van der Waals surface area contributed by atoms with E-state index in [0.717, 1.165) is 0 Å². The van der Waals surface area contributed by atoms with Crippen LogP contribution in [-0.4, -0.2) is 42.9 Å². The third kappa shape index (κ3) is 2.24. The first-order valence-corrected chi connectivity index (χ1v) is 6.95. The van der Waals surface area contributed by atoms with Gasteiger partial charge in [-0.25, -0.2) is 13.2 Å². The van der Waals surface area contributed by atoms with Crippen LogP contribution in [0.1, 0.15) is 16.8 Å². The molecule has 0 bridgehead atoms. The predicted molar refractivity (Wildman–Crippen MR) is 64.8 cm³/mol. The van der Waals surface area contributed by atoms with Crippen molar-refractivity contribution in [1.82, 2.24) is 4.31 Å². The lowest BCUT2D eigenvalue weighted by Crippen LogP contribution is -2.32. The molecule has 98 valence electrons. The smallest absolute Gasteiger partial charge is 0.337 e. The number of benzene rings is 1. The molecule has 1 fully saturated rings. The van der Waals surface area contributed by atoms with Gasteiger partial charge in [0.15, 0.2) is 0 Å². The van der Waals surface area contributed by atoms with E-state index in [2.05, 4.69) is 0 Å². The predicted octanol–water partition coefficient (Wildman–Crippen LogP) is 0.106. The molecule has 2 rings (SSSR count). The van der Waals surface area contributed by atoms with Gasteiger partial charge in [-0.3, -0.25) is 0 Å². The molecule has 1 aliphatic rings. The van der Waals surface area contributed by atoms with Gasteiger partial charge in [-0.2, -0.15) is 4.31 Å². The molecule has 1 unspecified atom stereocenters. The van der Waals surface area contributed by atoms with Gasteiger partial charge in [0.1, 0.15) is 0 Å². The molecule has 1 aromatic carbocycles. The molecular formula is C11H14N2O4S. The second-order valence-corrected chi connectivity index (χ2v) is 6.12. The van der Waals surface area contributed by atoms with E-state index in [9.17, 15) is 13.2 Å². The van der Waals surface area contributed by atoms with E-state index in [-0.39, 0.29) is 23.0 Å². The van der Waals surface area contributed by atoms with Gasteiger partial charge in [0, 0.05) is 19.1 Å². The summed E-state index contributed by atoms with van der Waals surface area (Å²) in [5.41, 5.74) is 5.47. The van der Waals surface area contributed by atoms with Crippen molar-refractivity contribution >= 4 is 16.0 Å². The van der Waals surface area contributed by atoms with Crippen LogP contribution in [0.4, 0.5) is 0 Å². The first-order valence-electron chi connectivity index (χ1n) is 5.51. The standard InChI is InChI=1S/C11H14N2O4S/c12-8-5-6-13(7-8)18(16,17)10-4-2-1-3-9(10)11(14)15/h1-4,8H,5-7,12H2,(H,14,15). The summed E-state index contributed by atoms with van der Waals surface area (Å²) in [6, 6.07) is 5.42. The zero-order valence-electron chi connectivity index (χ0n) is 9.61. The van der Waals surface area contributed by atoms with Crippen molar-refractivity contribution in [3.05, 3.63) is 29.8 Å². The van der Waals surface area contributed by atoms with Gasteiger partial charge in [0.05, 0.1) is 10.5 Å². The Labute approximate surface area is 105 Å². The van der Waals surface area contributed by atoms with Crippen molar-refractivity contribution in [2.24, 2.45) is 5.73 Å². The first-order chi connectivity index (χ1) is 8.43. The number of nitrogens with two attached hydrogens (primary N) is 1. The molecule has 0 radical (unpaired) electrons. The molecule has 0 aliphatic carbocycles. The van der Waals surface area contributed by atoms with E-state index in [0.29, 0.717) is 13.0 Å². The normalized spacial score (nSPS) is 21.1. The topological polar surface area (TPSA) is 101 Å². The van der Waals surface area contributed by atoms with Crippen LogP contribution in [0.3, 0.4) is 0 Å². The maximum Gasteiger partial charge on any atom is 0.337 e. The van der Waals surface area contributed by atoms with Gasteiger partial charge in [0.25, 0.3) is 0 Å². The molecule has 1 saturated heterocycles. The second kappa shape index (κ2) is 4.68. The summed E-state index contributed by atoms with van der Waals surface area (Å²) in [6.45, 7) is 0.563. The highest BCUT2D eigenvalue weighted by molar-refractivity contribution is 7.89. The molecule has 0 saturated carbocycles. The molecule has 1 heterocycles. The van der Waals surface area contributed by atoms with Crippen LogP contribution >= 0.6 is 0 Å². The second-order valence-electron chi connectivity index (χ2n) is 4.21. The highest BCUT2D eigenvalue weighted by Crippen LogP contribution is 2.23. The van der Waals surface area contributed by atoms with Crippen molar-refractivity contribution in [3.8, 4) is 0 Å². The van der Waals surface area contributed by atoms with Crippen molar-refractivity contribution in [2.45, 2.75) is 17.4 Å². The number of rotatable bonds is 3. The summed E-state index contributed by atoms with van der Waals surface area (Å²) in [4.78, 5) is 10.9. The van der Waals surface area contributed by atoms with Crippen molar-refractivity contribution in [2.75, 3.05) is 13.1 Å². The van der Waals surface area contributed by atoms with Gasteiger partial charge in [-0.15, -0.1) is 0 Å². The van der Waals surface area contributed by atoms with Crippen LogP contribution in [-0.2, 0) is 10.0 Å². The quantitative estimate of drug-likeness (QED) is 0.811. The monoisotopic (exact) mass is 270 g/mol. The van der Waals surface area contributed by atoms with E-state index >= 15 is 0 Å². The lowest BCUT2D eigenvalue weighted by molar-refractivity contribution is 0.0692. The molecule has 1 aliphatic heterocycles. The van der Waals surface area contributed by atoms with E-state index in [1.54, 1.807) is 0 Å². The minimum Gasteiger partial charge on any atom is -0.478 e. The SMILES string of the molecule is NC1CCN(S(=O)(=O)c2ccccc2C(=O)O)C1. The molecule has 0 aromatic heterocycles. The highest BCUT2D eigenvalue weighted by Gasteiger charge is 2.33. The summed E-state index contributed by atoms with van der Waals surface area (Å²) in [6.07, 6.45) is 0.592. The summed E-state index contributed by atoms with van der Waals surface area (Å²) in [7, 11) is -3.77. The van der Waals surface area contributed by atoms with E-state index in [1.807, 2.05) is 0 Å². The van der Waals surface area contributed by atoms with Gasteiger partial charge >= 0.3 is 5.97 Å². The Bertz CT molecular complexity index is 570. The fourth-order valence-corrected chi connectivity index (χ4v) is 3.68. The van der Waals surface area contributed by atoms with Crippen LogP contribution in [0.15, 0.2) is 29.2 Å². The molecule has 0 amide bonds. The summed E-state index contributed by atoms with van der Waals surface area (Å²) >= 11 is 0. The molecule has 7 heteroatoms. The number of sulfonamides is 1. The minimum atomic E-state index is -3.77. The Balaban J connectivity index is 2.45. The number of nitrogens with zero attached hydrogens (tertiary/aromatic N) is 1. The van der Waals surface area contributed by atoms with E-state index < -0.39 is 16.0 Å². The molecule has 1 aromatic rings. The lowest BCUT2D eigenvalue weighted by atomic mass is 10.2. The van der Waals surface area contributed by atoms with Gasteiger partial charge in [-0.1, -0.05) is 12.1 Å². The Hall–Kier alpha value is -1.44. The number of hydrogen-bond acceptors (Lipinski definition) is 4. The van der Waals surface area contributed by atoms with Crippen molar-refractivity contribution in [1.29, 1.82) is 0 Å². The third-order valence-electron chi connectivity index (χ3n) is 2.92. The lowest BCUT2D eigenvalue weighted by Gasteiger charge is -2.17. The highest BCUT2D eigenvalue weighted by atomic mass is 32.2. The van der Waals surface area contributed by atoms with Crippen LogP contribution in [0.2, 0.25) is 0 Å². The number of carboxylic acids is 1. The van der Waals surface area contributed by atoms with Crippen LogP contribution in [0.5, 0.6) is 0 Å². The van der Waals surface area contributed by atoms with Crippen molar-refractivity contribution < 1.29 is 18.3 Å². The molecule has 0 spiro atoms. The fraction of sp³-hybridized carbons (Fsp3) is 0.364. The van der Waals surface area contributed by atoms with E-state index in [1.165, 1.54) is 28.6 Å². The zero-order chi connectivity index (χ0) is 13.3. The Morgan fingerprint density at radius 1 is 1.39 bits per heavy atom. The molecular weight excluding hydrogens is 256 g/mol. The number of aromatic carboxylic acids is 1. The van der Waals surface area contributed by atoms with Gasteiger partial charge < -0.3 is 10.8 Å². The van der Waals surface area contributed by atoms with E-state index in [4.69, 9.17) is 10.8 Å². The number of carboxylic acid groups (broad SMARTS) is 1. The minimum absolute atomic E-state index is 0.174. The largest absolute Gasteiger partial charge is 0.478 e. The third-order valence-corrected chi connectivity index (χ3v) is 4.85. The Morgan fingerprint density at radius 3 is 2.61 bits per heavy atom. The average molecular weight is 270 g/mol. The first kappa shape index (κ1) is 13.0. The zero-order valence-corrected chi connectivity index (χ0v) is 10.4. The fourth-order valence-electron chi connectivity index (χ4n) is 1.98. The Morgan fingerprint density at radius 2 is 2.06 bits per heavy atom. The van der Waals surface area contributed by atoms with Crippen LogP contribution in [0, 0.1) is 0 Å². The maximum absolute atomic E-state index is 12.3.